The Morgan fingerprint density at radius 2 is 1.69 bits per heavy atom. The number of aryl methyl sites for hydroxylation is 1. The van der Waals surface area contributed by atoms with Crippen LogP contribution in [-0.2, 0) is 6.54 Å². The number of aromatic nitrogens is 2. The molecule has 32 heavy (non-hydrogen) atoms. The van der Waals surface area contributed by atoms with Crippen LogP contribution < -0.4 is 0 Å². The molecule has 0 radical (unpaired) electrons. The second kappa shape index (κ2) is 8.99. The molecule has 0 spiro atoms. The van der Waals surface area contributed by atoms with Crippen LogP contribution in [0.5, 0.6) is 0 Å². The van der Waals surface area contributed by atoms with Crippen molar-refractivity contribution in [2.45, 2.75) is 20.4 Å². The maximum atomic E-state index is 11.9. The number of carbonyl (C=O) groups is 1. The maximum Gasteiger partial charge on any atom is 0.356 e. The Bertz CT molecular complexity index is 1330. The SMILES string of the molecule is Cc1cccc(-c2c(C)c(C(=O)O)nn2Cc2ccc(Cl)c(Cl)c2)c1-c1ccc(Cl)cc1. The van der Waals surface area contributed by atoms with E-state index in [1.54, 1.807) is 23.7 Å². The van der Waals surface area contributed by atoms with Crippen molar-refractivity contribution in [1.82, 2.24) is 9.78 Å². The van der Waals surface area contributed by atoms with Crippen molar-refractivity contribution >= 4 is 40.8 Å². The molecule has 0 aliphatic carbocycles. The van der Waals surface area contributed by atoms with Crippen LogP contribution in [0.25, 0.3) is 22.4 Å². The molecule has 162 valence electrons. The highest BCUT2D eigenvalue weighted by atomic mass is 35.5. The predicted molar refractivity (Wildman–Crippen MR) is 130 cm³/mol. The third kappa shape index (κ3) is 4.26. The molecule has 7 heteroatoms. The van der Waals surface area contributed by atoms with Gasteiger partial charge in [-0.1, -0.05) is 71.2 Å². The van der Waals surface area contributed by atoms with Gasteiger partial charge in [-0.15, -0.1) is 0 Å². The van der Waals surface area contributed by atoms with Gasteiger partial charge in [-0.2, -0.15) is 5.10 Å². The third-order valence-corrected chi connectivity index (χ3v) is 6.36. The van der Waals surface area contributed by atoms with Crippen LogP contribution in [0.15, 0.2) is 60.7 Å². The zero-order valence-electron chi connectivity index (χ0n) is 17.4. The fourth-order valence-corrected chi connectivity index (χ4v) is 4.33. The summed E-state index contributed by atoms with van der Waals surface area (Å²) in [7, 11) is 0. The van der Waals surface area contributed by atoms with E-state index in [0.29, 0.717) is 27.2 Å². The van der Waals surface area contributed by atoms with E-state index in [0.717, 1.165) is 33.5 Å². The van der Waals surface area contributed by atoms with Crippen LogP contribution in [0, 0.1) is 13.8 Å². The van der Waals surface area contributed by atoms with Crippen LogP contribution in [0.4, 0.5) is 0 Å². The lowest BCUT2D eigenvalue weighted by Crippen LogP contribution is -2.06. The van der Waals surface area contributed by atoms with Crippen molar-refractivity contribution in [2.24, 2.45) is 0 Å². The molecule has 0 saturated carbocycles. The first-order chi connectivity index (χ1) is 15.3. The number of aromatic carboxylic acids is 1. The van der Waals surface area contributed by atoms with Gasteiger partial charge in [0.05, 0.1) is 22.3 Å². The molecule has 1 aromatic heterocycles. The molecule has 0 fully saturated rings. The summed E-state index contributed by atoms with van der Waals surface area (Å²) >= 11 is 18.4. The van der Waals surface area contributed by atoms with Gasteiger partial charge in [-0.25, -0.2) is 4.79 Å². The van der Waals surface area contributed by atoms with E-state index in [4.69, 9.17) is 34.8 Å². The molecule has 0 atom stereocenters. The van der Waals surface area contributed by atoms with Crippen LogP contribution in [0.1, 0.15) is 27.2 Å². The van der Waals surface area contributed by atoms with E-state index in [-0.39, 0.29) is 5.69 Å². The topological polar surface area (TPSA) is 55.1 Å². The normalized spacial score (nSPS) is 11.0. The second-order valence-electron chi connectivity index (χ2n) is 7.54. The highest BCUT2D eigenvalue weighted by molar-refractivity contribution is 6.42. The average Bonchev–Trinajstić information content (AvgIpc) is 3.07. The Balaban J connectivity index is 1.94. The molecule has 0 unspecified atom stereocenters. The lowest BCUT2D eigenvalue weighted by atomic mass is 9.92. The quantitative estimate of drug-likeness (QED) is 0.318. The Kier molecular flexibility index (Phi) is 6.29. The predicted octanol–water partition coefficient (Wildman–Crippen LogP) is 7.54. The first-order valence-corrected chi connectivity index (χ1v) is 11.0. The molecule has 1 heterocycles. The Morgan fingerprint density at radius 1 is 0.969 bits per heavy atom. The number of benzene rings is 3. The summed E-state index contributed by atoms with van der Waals surface area (Å²) in [5, 5.41) is 15.7. The van der Waals surface area contributed by atoms with Gasteiger partial charge >= 0.3 is 5.97 Å². The Hall–Kier alpha value is -2.79. The van der Waals surface area contributed by atoms with E-state index < -0.39 is 5.97 Å². The van der Waals surface area contributed by atoms with Crippen molar-refractivity contribution in [3.05, 3.63) is 98.1 Å². The largest absolute Gasteiger partial charge is 0.476 e. The van der Waals surface area contributed by atoms with E-state index in [9.17, 15) is 9.90 Å². The second-order valence-corrected chi connectivity index (χ2v) is 8.79. The van der Waals surface area contributed by atoms with Gasteiger partial charge < -0.3 is 5.11 Å². The van der Waals surface area contributed by atoms with Crippen molar-refractivity contribution in [2.75, 3.05) is 0 Å². The third-order valence-electron chi connectivity index (χ3n) is 5.37. The van der Waals surface area contributed by atoms with E-state index >= 15 is 0 Å². The molecule has 4 rings (SSSR count). The molecule has 0 amide bonds. The average molecular weight is 486 g/mol. The van der Waals surface area contributed by atoms with E-state index in [1.807, 2.05) is 55.5 Å². The van der Waals surface area contributed by atoms with E-state index in [1.165, 1.54) is 0 Å². The molecule has 4 nitrogen and oxygen atoms in total. The van der Waals surface area contributed by atoms with Crippen molar-refractivity contribution in [1.29, 1.82) is 0 Å². The lowest BCUT2D eigenvalue weighted by Gasteiger charge is -2.16. The van der Waals surface area contributed by atoms with Gasteiger partial charge in [-0.05, 0) is 60.4 Å². The van der Waals surface area contributed by atoms with E-state index in [2.05, 4.69) is 5.10 Å². The summed E-state index contributed by atoms with van der Waals surface area (Å²) in [4.78, 5) is 11.9. The molecular weight excluding hydrogens is 467 g/mol. The fraction of sp³-hybridized carbons (Fsp3) is 0.120. The fourth-order valence-electron chi connectivity index (χ4n) is 3.89. The highest BCUT2D eigenvalue weighted by Gasteiger charge is 2.23. The maximum absolute atomic E-state index is 11.9. The Labute approximate surface area is 201 Å². The summed E-state index contributed by atoms with van der Waals surface area (Å²) in [6, 6.07) is 18.9. The van der Waals surface area contributed by atoms with Gasteiger partial charge in [0.1, 0.15) is 0 Å². The summed E-state index contributed by atoms with van der Waals surface area (Å²) < 4.78 is 1.71. The molecule has 4 aromatic rings. The number of hydrogen-bond donors (Lipinski definition) is 1. The van der Waals surface area contributed by atoms with Crippen LogP contribution >= 0.6 is 34.8 Å². The van der Waals surface area contributed by atoms with Crippen LogP contribution in [0.3, 0.4) is 0 Å². The zero-order chi connectivity index (χ0) is 23.0. The number of rotatable bonds is 5. The standard InChI is InChI=1S/C25H19Cl3N2O2/c1-14-4-3-5-19(22(14)17-7-9-18(26)10-8-17)24-15(2)23(25(31)32)29-30(24)13-16-6-11-20(27)21(28)12-16/h3-12H,13H2,1-2H3,(H,31,32). The lowest BCUT2D eigenvalue weighted by molar-refractivity contribution is 0.0688. The molecular formula is C25H19Cl3N2O2. The number of hydrogen-bond acceptors (Lipinski definition) is 2. The summed E-state index contributed by atoms with van der Waals surface area (Å²) in [6.07, 6.45) is 0. The van der Waals surface area contributed by atoms with Crippen molar-refractivity contribution < 1.29 is 9.90 Å². The molecule has 0 bridgehead atoms. The van der Waals surface area contributed by atoms with Gasteiger partial charge in [0.2, 0.25) is 0 Å². The van der Waals surface area contributed by atoms with Gasteiger partial charge in [0.15, 0.2) is 5.69 Å². The number of nitrogens with zero attached hydrogens (tertiary/aromatic N) is 2. The molecule has 0 aliphatic heterocycles. The summed E-state index contributed by atoms with van der Waals surface area (Å²) in [6.45, 7) is 4.15. The Morgan fingerprint density at radius 3 is 2.34 bits per heavy atom. The van der Waals surface area contributed by atoms with Gasteiger partial charge in [0.25, 0.3) is 0 Å². The van der Waals surface area contributed by atoms with Crippen LogP contribution in [-0.4, -0.2) is 20.9 Å². The minimum Gasteiger partial charge on any atom is -0.476 e. The zero-order valence-corrected chi connectivity index (χ0v) is 19.6. The van der Waals surface area contributed by atoms with Gasteiger partial charge in [-0.3, -0.25) is 4.68 Å². The van der Waals surface area contributed by atoms with Gasteiger partial charge in [0, 0.05) is 16.1 Å². The highest BCUT2D eigenvalue weighted by Crippen LogP contribution is 2.38. The summed E-state index contributed by atoms with van der Waals surface area (Å²) in [5.41, 5.74) is 6.15. The monoisotopic (exact) mass is 484 g/mol. The number of halogens is 3. The first kappa shape index (κ1) is 22.4. The molecule has 0 aliphatic rings. The molecule has 1 N–H and O–H groups in total. The molecule has 3 aromatic carbocycles. The molecule has 0 saturated heterocycles. The number of carboxylic acid groups (broad SMARTS) is 1. The minimum absolute atomic E-state index is 0.0172. The minimum atomic E-state index is -1.07. The smallest absolute Gasteiger partial charge is 0.356 e. The first-order valence-electron chi connectivity index (χ1n) is 9.87. The number of carboxylic acids is 1. The van der Waals surface area contributed by atoms with Crippen molar-refractivity contribution in [3.63, 3.8) is 0 Å². The van der Waals surface area contributed by atoms with Crippen LogP contribution in [0.2, 0.25) is 15.1 Å². The van der Waals surface area contributed by atoms with Crippen molar-refractivity contribution in [3.8, 4) is 22.4 Å². The summed E-state index contributed by atoms with van der Waals surface area (Å²) in [5.74, 6) is -1.07.